The van der Waals surface area contributed by atoms with Crippen molar-refractivity contribution in [1.29, 1.82) is 0 Å². The van der Waals surface area contributed by atoms with Crippen LogP contribution in [0.25, 0.3) is 11.0 Å². The summed E-state index contributed by atoms with van der Waals surface area (Å²) in [6.45, 7) is 8.91. The Kier molecular flexibility index (Phi) is 7.45. The number of aromatic amines is 1. The van der Waals surface area contributed by atoms with Gasteiger partial charge >= 0.3 is 0 Å². The second-order valence-corrected chi connectivity index (χ2v) is 14.8. The van der Waals surface area contributed by atoms with Crippen molar-refractivity contribution in [3.63, 3.8) is 0 Å². The number of rotatable bonds is 10. The van der Waals surface area contributed by atoms with Crippen LogP contribution in [0.5, 0.6) is 5.88 Å². The minimum absolute atomic E-state index is 0.248. The number of hydrogen-bond acceptors (Lipinski definition) is 5. The van der Waals surface area contributed by atoms with Crippen molar-refractivity contribution < 1.29 is 9.47 Å². The van der Waals surface area contributed by atoms with Crippen LogP contribution in [0.3, 0.4) is 0 Å². The van der Waals surface area contributed by atoms with Crippen LogP contribution >= 0.6 is 15.9 Å². The quantitative estimate of drug-likeness (QED) is 0.316. The molecule has 3 N–H and O–H groups in total. The summed E-state index contributed by atoms with van der Waals surface area (Å²) < 4.78 is 12.8. The Bertz CT molecular complexity index is 928. The molecule has 3 aromatic rings. The highest BCUT2D eigenvalue weighted by molar-refractivity contribution is 9.10. The molecule has 156 valence electrons. The van der Waals surface area contributed by atoms with E-state index in [0.29, 0.717) is 25.5 Å². The third-order valence-corrected chi connectivity index (χ3v) is 6.81. The number of hydrogen-bond donors (Lipinski definition) is 2. The van der Waals surface area contributed by atoms with Crippen LogP contribution in [0.15, 0.2) is 41.0 Å². The summed E-state index contributed by atoms with van der Waals surface area (Å²) in [5.41, 5.74) is 8.41. The number of ether oxygens (including phenoxy) is 2. The van der Waals surface area contributed by atoms with Gasteiger partial charge in [-0.3, -0.25) is 4.98 Å². The normalized spacial score (nSPS) is 13.0. The number of aromatic nitrogens is 3. The Morgan fingerprint density at radius 3 is 2.76 bits per heavy atom. The van der Waals surface area contributed by atoms with Gasteiger partial charge in [0.15, 0.2) is 0 Å². The molecule has 3 aromatic heterocycles. The second-order valence-electron chi connectivity index (χ2n) is 8.31. The maximum Gasteiger partial charge on any atom is 0.230 e. The zero-order valence-corrected chi connectivity index (χ0v) is 19.8. The van der Waals surface area contributed by atoms with E-state index in [-0.39, 0.29) is 6.10 Å². The molecular formula is C21H29BrN4O2Si. The van der Waals surface area contributed by atoms with E-state index >= 15 is 0 Å². The Balaban J connectivity index is 1.73. The molecule has 0 fully saturated rings. The largest absolute Gasteiger partial charge is 0.467 e. The Morgan fingerprint density at radius 2 is 2.07 bits per heavy atom. The number of pyridine rings is 2. The first-order valence-corrected chi connectivity index (χ1v) is 14.4. The molecule has 0 amide bonds. The maximum atomic E-state index is 6.18. The van der Waals surface area contributed by atoms with E-state index in [1.54, 1.807) is 6.20 Å². The Labute approximate surface area is 181 Å². The predicted molar refractivity (Wildman–Crippen MR) is 123 cm³/mol. The lowest BCUT2D eigenvalue weighted by molar-refractivity contribution is 0.131. The highest BCUT2D eigenvalue weighted by atomic mass is 79.9. The molecule has 8 heteroatoms. The van der Waals surface area contributed by atoms with Crippen molar-refractivity contribution in [1.82, 2.24) is 15.0 Å². The van der Waals surface area contributed by atoms with Crippen LogP contribution in [0.2, 0.25) is 25.7 Å². The van der Waals surface area contributed by atoms with Crippen molar-refractivity contribution in [2.45, 2.75) is 44.8 Å². The van der Waals surface area contributed by atoms with Gasteiger partial charge in [0.25, 0.3) is 0 Å². The summed E-state index contributed by atoms with van der Waals surface area (Å²) in [5, 5.41) is 1.02. The standard InChI is InChI=1S/C21H29BrN4O2Si/c1-29(2,3)11-10-27-14-16-12-15-13-17(22)21(26-20(15)25-16)28-19(7-8-23)18-6-4-5-9-24-18/h4-6,9,12-13,19H,7-8,10-11,14,23H2,1-3H3,(H,25,26). The number of nitrogens with one attached hydrogen (secondary N) is 1. The molecule has 0 aliphatic rings. The lowest BCUT2D eigenvalue weighted by Crippen LogP contribution is -2.21. The van der Waals surface area contributed by atoms with Crippen molar-refractivity contribution in [3.8, 4) is 5.88 Å². The molecular weight excluding hydrogens is 448 g/mol. The lowest BCUT2D eigenvalue weighted by Gasteiger charge is -2.18. The van der Waals surface area contributed by atoms with Crippen molar-refractivity contribution in [2.75, 3.05) is 13.2 Å². The van der Waals surface area contributed by atoms with Gasteiger partial charge in [0.05, 0.1) is 16.8 Å². The number of halogens is 1. The molecule has 0 spiro atoms. The van der Waals surface area contributed by atoms with Crippen molar-refractivity contribution in [3.05, 3.63) is 52.4 Å². The third kappa shape index (κ3) is 6.37. The monoisotopic (exact) mass is 476 g/mol. The molecule has 0 aliphatic carbocycles. The average molecular weight is 477 g/mol. The zero-order valence-electron chi connectivity index (χ0n) is 17.2. The number of fused-ring (bicyclic) bond motifs is 1. The molecule has 0 aromatic carbocycles. The SMILES string of the molecule is C[Si](C)(C)CCOCc1cc2cc(Br)c(OC(CCN)c3ccccn3)nc2[nH]1. The summed E-state index contributed by atoms with van der Waals surface area (Å²) in [5.74, 6) is 0.523. The molecule has 3 heterocycles. The van der Waals surface area contributed by atoms with E-state index in [1.165, 1.54) is 0 Å². The van der Waals surface area contributed by atoms with E-state index in [4.69, 9.17) is 15.2 Å². The van der Waals surface area contributed by atoms with Gasteiger partial charge in [-0.05, 0) is 52.8 Å². The highest BCUT2D eigenvalue weighted by Crippen LogP contribution is 2.31. The van der Waals surface area contributed by atoms with Gasteiger partial charge in [0.1, 0.15) is 11.8 Å². The maximum absolute atomic E-state index is 6.18. The number of nitrogens with two attached hydrogens (primary N) is 1. The summed E-state index contributed by atoms with van der Waals surface area (Å²) in [4.78, 5) is 12.4. The summed E-state index contributed by atoms with van der Waals surface area (Å²) in [6, 6.07) is 11.0. The van der Waals surface area contributed by atoms with E-state index in [2.05, 4.69) is 56.6 Å². The molecule has 0 bridgehead atoms. The van der Waals surface area contributed by atoms with Gasteiger partial charge in [-0.15, -0.1) is 0 Å². The number of H-pyrrole nitrogens is 1. The number of nitrogens with zero attached hydrogens (tertiary/aromatic N) is 2. The summed E-state index contributed by atoms with van der Waals surface area (Å²) in [6.07, 6.45) is 2.17. The van der Waals surface area contributed by atoms with E-state index < -0.39 is 8.07 Å². The highest BCUT2D eigenvalue weighted by Gasteiger charge is 2.18. The molecule has 3 rings (SSSR count). The van der Waals surface area contributed by atoms with Crippen LogP contribution in [0.4, 0.5) is 0 Å². The minimum Gasteiger partial charge on any atom is -0.467 e. The molecule has 29 heavy (non-hydrogen) atoms. The van der Waals surface area contributed by atoms with Crippen LogP contribution in [0.1, 0.15) is 23.9 Å². The molecule has 0 aliphatic heterocycles. The van der Waals surface area contributed by atoms with Gasteiger partial charge in [0, 0.05) is 38.4 Å². The van der Waals surface area contributed by atoms with Crippen molar-refractivity contribution in [2.24, 2.45) is 5.73 Å². The topological polar surface area (TPSA) is 86.1 Å². The molecule has 1 unspecified atom stereocenters. The lowest BCUT2D eigenvalue weighted by atomic mass is 10.1. The Hall–Kier alpha value is -1.74. The van der Waals surface area contributed by atoms with Gasteiger partial charge in [-0.25, -0.2) is 0 Å². The van der Waals surface area contributed by atoms with Gasteiger partial charge < -0.3 is 20.2 Å². The predicted octanol–water partition coefficient (Wildman–Crippen LogP) is 5.04. The molecule has 0 saturated carbocycles. The second kappa shape index (κ2) is 9.84. The fourth-order valence-electron chi connectivity index (χ4n) is 2.91. The van der Waals surface area contributed by atoms with E-state index in [9.17, 15) is 0 Å². The summed E-state index contributed by atoms with van der Waals surface area (Å²) >= 11 is 3.58. The van der Waals surface area contributed by atoms with Crippen LogP contribution in [-0.4, -0.2) is 36.2 Å². The fourth-order valence-corrected chi connectivity index (χ4v) is 4.10. The van der Waals surface area contributed by atoms with Crippen LogP contribution in [-0.2, 0) is 11.3 Å². The Morgan fingerprint density at radius 1 is 1.24 bits per heavy atom. The average Bonchev–Trinajstić information content (AvgIpc) is 3.06. The first-order chi connectivity index (χ1) is 13.9. The smallest absolute Gasteiger partial charge is 0.230 e. The first-order valence-electron chi connectivity index (χ1n) is 9.89. The zero-order chi connectivity index (χ0) is 20.9. The van der Waals surface area contributed by atoms with Gasteiger partial charge in [-0.1, -0.05) is 25.7 Å². The van der Waals surface area contributed by atoms with Crippen LogP contribution in [0, 0.1) is 0 Å². The van der Waals surface area contributed by atoms with Crippen LogP contribution < -0.4 is 10.5 Å². The van der Waals surface area contributed by atoms with E-state index in [0.717, 1.165) is 39.5 Å². The molecule has 0 saturated heterocycles. The molecule has 0 radical (unpaired) electrons. The van der Waals surface area contributed by atoms with E-state index in [1.807, 2.05) is 24.3 Å². The molecule has 6 nitrogen and oxygen atoms in total. The van der Waals surface area contributed by atoms with Gasteiger partial charge in [0.2, 0.25) is 5.88 Å². The summed E-state index contributed by atoms with van der Waals surface area (Å²) in [7, 11) is -1.08. The van der Waals surface area contributed by atoms with Gasteiger partial charge in [-0.2, -0.15) is 4.98 Å². The third-order valence-electron chi connectivity index (χ3n) is 4.54. The fraction of sp³-hybridized carbons (Fsp3) is 0.429. The minimum atomic E-state index is -1.08. The molecule has 1 atom stereocenters. The first kappa shape index (κ1) is 22.0. The van der Waals surface area contributed by atoms with Crippen molar-refractivity contribution >= 4 is 35.0 Å².